The van der Waals surface area contributed by atoms with Gasteiger partial charge >= 0.3 is 0 Å². The summed E-state index contributed by atoms with van der Waals surface area (Å²) in [4.78, 5) is 36.4. The molecule has 0 fully saturated rings. The minimum atomic E-state index is -0.0645. The molecule has 0 aliphatic carbocycles. The number of fused-ring (bicyclic) bond motifs is 1. The van der Waals surface area contributed by atoms with Crippen LogP contribution in [0.5, 0.6) is 0 Å². The van der Waals surface area contributed by atoms with Crippen molar-refractivity contribution in [3.8, 4) is 0 Å². The summed E-state index contributed by atoms with van der Waals surface area (Å²) in [7, 11) is 0. The van der Waals surface area contributed by atoms with E-state index in [9.17, 15) is 9.59 Å². The van der Waals surface area contributed by atoms with Crippen LogP contribution in [0, 0.1) is 0 Å². The maximum absolute atomic E-state index is 12.3. The smallest absolute Gasteiger partial charge is 0.226 e. The van der Waals surface area contributed by atoms with Crippen LogP contribution in [0.15, 0.2) is 51.5 Å². The second-order valence-corrected chi connectivity index (χ2v) is 12.2. The van der Waals surface area contributed by atoms with Crippen molar-refractivity contribution in [2.45, 2.75) is 74.7 Å². The van der Waals surface area contributed by atoms with Crippen molar-refractivity contribution in [3.05, 3.63) is 54.5 Å². The van der Waals surface area contributed by atoms with Crippen molar-refractivity contribution in [1.29, 1.82) is 0 Å². The van der Waals surface area contributed by atoms with Crippen molar-refractivity contribution in [1.82, 2.24) is 15.0 Å². The number of H-pyrrole nitrogens is 1. The van der Waals surface area contributed by atoms with Crippen molar-refractivity contribution < 1.29 is 14.0 Å². The van der Waals surface area contributed by atoms with Gasteiger partial charge in [0.15, 0.2) is 5.13 Å². The van der Waals surface area contributed by atoms with Crippen LogP contribution in [-0.4, -0.2) is 26.8 Å². The van der Waals surface area contributed by atoms with Gasteiger partial charge in [0.1, 0.15) is 5.76 Å². The summed E-state index contributed by atoms with van der Waals surface area (Å²) >= 11 is 3.04. The number of amides is 2. The molecule has 8 nitrogen and oxygen atoms in total. The molecule has 0 bridgehead atoms. The van der Waals surface area contributed by atoms with E-state index in [0.29, 0.717) is 29.6 Å². The standard InChI is InChI=1S/C27H33N5O3S2/c1-27(2,3)21-15-29-24(35-21)17-36-25-16-30-26(37-25)32-23(34)13-7-5-4-6-12-22(33)31-20-14-28-19-11-9-8-10-18(19)20/h8-11,14-16,28H,4-7,12-13,17H2,1-3H3,(H,31,33)(H,30,32,34). The lowest BCUT2D eigenvalue weighted by molar-refractivity contribution is -0.117. The lowest BCUT2D eigenvalue weighted by Gasteiger charge is -2.12. The van der Waals surface area contributed by atoms with Crippen LogP contribution in [-0.2, 0) is 20.8 Å². The van der Waals surface area contributed by atoms with Crippen LogP contribution < -0.4 is 10.6 Å². The predicted molar refractivity (Wildman–Crippen MR) is 150 cm³/mol. The Morgan fingerprint density at radius 2 is 1.73 bits per heavy atom. The predicted octanol–water partition coefficient (Wildman–Crippen LogP) is 7.12. The molecule has 0 aliphatic rings. The topological polar surface area (TPSA) is 113 Å². The van der Waals surface area contributed by atoms with Gasteiger partial charge in [-0.05, 0) is 18.9 Å². The fraction of sp³-hybridized carbons (Fsp3) is 0.407. The second-order valence-electron chi connectivity index (χ2n) is 9.90. The minimum absolute atomic E-state index is 0.0115. The number of carbonyl (C=O) groups excluding carboxylic acids is 2. The molecule has 0 unspecified atom stereocenters. The molecule has 0 spiro atoms. The molecule has 0 radical (unpaired) electrons. The van der Waals surface area contributed by atoms with Gasteiger partial charge < -0.3 is 20.0 Å². The van der Waals surface area contributed by atoms with Crippen LogP contribution in [0.2, 0.25) is 0 Å². The third-order valence-electron chi connectivity index (χ3n) is 5.78. The number of aromatic nitrogens is 3. The average Bonchev–Trinajstić information content (AvgIpc) is 3.60. The van der Waals surface area contributed by atoms with E-state index in [1.807, 2.05) is 30.5 Å². The molecular formula is C27H33N5O3S2. The van der Waals surface area contributed by atoms with Crippen LogP contribution in [0.3, 0.4) is 0 Å². The molecule has 1 aromatic carbocycles. The molecular weight excluding hydrogens is 506 g/mol. The number of thioether (sulfide) groups is 1. The third-order valence-corrected chi connectivity index (χ3v) is 7.87. The fourth-order valence-electron chi connectivity index (χ4n) is 3.73. The first-order valence-electron chi connectivity index (χ1n) is 12.5. The maximum Gasteiger partial charge on any atom is 0.226 e. The molecule has 37 heavy (non-hydrogen) atoms. The second kappa shape index (κ2) is 12.4. The van der Waals surface area contributed by atoms with Crippen molar-refractivity contribution in [2.75, 3.05) is 10.6 Å². The first-order valence-corrected chi connectivity index (χ1v) is 14.3. The number of anilines is 2. The highest BCUT2D eigenvalue weighted by molar-refractivity contribution is 8.00. The summed E-state index contributed by atoms with van der Waals surface area (Å²) in [6.45, 7) is 6.28. The monoisotopic (exact) mass is 539 g/mol. The van der Waals surface area contributed by atoms with E-state index < -0.39 is 0 Å². The van der Waals surface area contributed by atoms with Gasteiger partial charge in [0.05, 0.1) is 28.0 Å². The van der Waals surface area contributed by atoms with Crippen LogP contribution in [0.4, 0.5) is 10.8 Å². The minimum Gasteiger partial charge on any atom is -0.444 e. The van der Waals surface area contributed by atoms with E-state index in [4.69, 9.17) is 4.42 Å². The normalized spacial score (nSPS) is 11.6. The van der Waals surface area contributed by atoms with Crippen LogP contribution >= 0.6 is 23.1 Å². The zero-order chi connectivity index (χ0) is 26.3. The van der Waals surface area contributed by atoms with Crippen LogP contribution in [0.1, 0.15) is 70.9 Å². The van der Waals surface area contributed by atoms with E-state index >= 15 is 0 Å². The number of thiazole rings is 1. The quantitative estimate of drug-likeness (QED) is 0.130. The molecule has 4 aromatic rings. The molecule has 4 rings (SSSR count). The summed E-state index contributed by atoms with van der Waals surface area (Å²) < 4.78 is 6.82. The number of aromatic amines is 1. The van der Waals surface area contributed by atoms with Gasteiger partial charge in [-0.2, -0.15) is 0 Å². The molecule has 0 saturated carbocycles. The highest BCUT2D eigenvalue weighted by Gasteiger charge is 2.19. The maximum atomic E-state index is 12.3. The van der Waals surface area contributed by atoms with E-state index in [2.05, 4.69) is 46.4 Å². The average molecular weight is 540 g/mol. The number of para-hydroxylation sites is 1. The number of unbranched alkanes of at least 4 members (excludes halogenated alkanes) is 3. The first-order chi connectivity index (χ1) is 17.8. The van der Waals surface area contributed by atoms with Gasteiger partial charge in [-0.15, -0.1) is 11.8 Å². The number of benzene rings is 1. The zero-order valence-electron chi connectivity index (χ0n) is 21.4. The molecule has 3 heterocycles. The summed E-state index contributed by atoms with van der Waals surface area (Å²) in [6, 6.07) is 7.88. The Hall–Kier alpha value is -3.11. The van der Waals surface area contributed by atoms with Crippen molar-refractivity contribution in [3.63, 3.8) is 0 Å². The van der Waals surface area contributed by atoms with Gasteiger partial charge in [-0.25, -0.2) is 9.97 Å². The summed E-state index contributed by atoms with van der Waals surface area (Å²) in [6.07, 6.45) is 9.67. The number of oxazole rings is 1. The Balaban J connectivity index is 1.08. The highest BCUT2D eigenvalue weighted by atomic mass is 32.2. The van der Waals surface area contributed by atoms with E-state index in [0.717, 1.165) is 52.2 Å². The summed E-state index contributed by atoms with van der Waals surface area (Å²) in [5.41, 5.74) is 1.75. The number of hydrogen-bond acceptors (Lipinski definition) is 7. The van der Waals surface area contributed by atoms with Gasteiger partial charge in [0.25, 0.3) is 0 Å². The molecule has 0 atom stereocenters. The zero-order valence-corrected chi connectivity index (χ0v) is 23.1. The van der Waals surface area contributed by atoms with E-state index in [1.165, 1.54) is 11.3 Å². The Bertz CT molecular complexity index is 1340. The summed E-state index contributed by atoms with van der Waals surface area (Å²) in [5.74, 6) is 2.15. The molecule has 196 valence electrons. The number of hydrogen-bond donors (Lipinski definition) is 3. The third kappa shape index (κ3) is 7.93. The van der Waals surface area contributed by atoms with Crippen LogP contribution in [0.25, 0.3) is 10.9 Å². The SMILES string of the molecule is CC(C)(C)c1cnc(CSc2cnc(NC(=O)CCCCCCC(=O)Nc3c[nH]c4ccccc34)s2)o1. The number of nitrogens with one attached hydrogen (secondary N) is 3. The van der Waals surface area contributed by atoms with Crippen molar-refractivity contribution in [2.24, 2.45) is 0 Å². The lowest BCUT2D eigenvalue weighted by atomic mass is 9.94. The molecule has 3 aromatic heterocycles. The largest absolute Gasteiger partial charge is 0.444 e. The Morgan fingerprint density at radius 1 is 1.00 bits per heavy atom. The van der Waals surface area contributed by atoms with E-state index in [-0.39, 0.29) is 17.2 Å². The van der Waals surface area contributed by atoms with Gasteiger partial charge in [0, 0.05) is 35.4 Å². The van der Waals surface area contributed by atoms with Gasteiger partial charge in [-0.1, -0.05) is 63.1 Å². The molecule has 0 aliphatic heterocycles. The molecule has 10 heteroatoms. The molecule has 0 saturated heterocycles. The van der Waals surface area contributed by atoms with Crippen molar-refractivity contribution >= 4 is 56.6 Å². The van der Waals surface area contributed by atoms with Gasteiger partial charge in [-0.3, -0.25) is 9.59 Å². The first kappa shape index (κ1) is 26.9. The van der Waals surface area contributed by atoms with E-state index in [1.54, 1.807) is 24.2 Å². The number of nitrogens with zero attached hydrogens (tertiary/aromatic N) is 2. The number of carbonyl (C=O) groups is 2. The Kier molecular flexibility index (Phi) is 9.04. The lowest BCUT2D eigenvalue weighted by Crippen LogP contribution is -2.11. The molecule has 2 amide bonds. The molecule has 3 N–H and O–H groups in total. The fourth-order valence-corrected chi connectivity index (χ4v) is 5.48. The Morgan fingerprint density at radius 3 is 2.46 bits per heavy atom. The Labute approximate surface area is 225 Å². The number of rotatable bonds is 12. The summed E-state index contributed by atoms with van der Waals surface area (Å²) in [5, 5.41) is 7.47. The highest BCUT2D eigenvalue weighted by Crippen LogP contribution is 2.32. The van der Waals surface area contributed by atoms with Gasteiger partial charge in [0.2, 0.25) is 17.7 Å².